The summed E-state index contributed by atoms with van der Waals surface area (Å²) < 4.78 is 1.16. The number of carbonyl (C=O) groups is 1. The van der Waals surface area contributed by atoms with Crippen LogP contribution in [0.15, 0.2) is 18.2 Å². The molecular formula is C15H21IN2O2. The van der Waals surface area contributed by atoms with Crippen molar-refractivity contribution in [2.24, 2.45) is 5.92 Å². The number of nitrogens with zero attached hydrogens (tertiary/aromatic N) is 1. The Morgan fingerprint density at radius 3 is 2.95 bits per heavy atom. The minimum atomic E-state index is -0.229. The van der Waals surface area contributed by atoms with Crippen LogP contribution in [0.3, 0.4) is 0 Å². The lowest BCUT2D eigenvalue weighted by molar-refractivity contribution is -0.118. The molecule has 1 aromatic rings. The molecule has 1 aliphatic heterocycles. The molecule has 1 saturated heterocycles. The zero-order valence-electron chi connectivity index (χ0n) is 11.9. The number of aliphatic hydroxyl groups is 1. The number of rotatable bonds is 3. The third-order valence-electron chi connectivity index (χ3n) is 3.77. The van der Waals surface area contributed by atoms with Crippen LogP contribution in [0.25, 0.3) is 0 Å². The number of aliphatic hydroxyl groups excluding tert-OH is 1. The number of likely N-dealkylation sites (tertiary alicyclic amines) is 1. The van der Waals surface area contributed by atoms with Gasteiger partial charge in [0.15, 0.2) is 0 Å². The molecule has 1 fully saturated rings. The average Bonchev–Trinajstić information content (AvgIpc) is 2.37. The van der Waals surface area contributed by atoms with E-state index in [1.165, 1.54) is 0 Å². The molecule has 1 aromatic carbocycles. The second-order valence-corrected chi connectivity index (χ2v) is 6.82. The molecule has 1 amide bonds. The zero-order chi connectivity index (χ0) is 14.7. The van der Waals surface area contributed by atoms with Crippen molar-refractivity contribution in [1.29, 1.82) is 0 Å². The fraction of sp³-hybridized carbons (Fsp3) is 0.533. The number of nitrogens with one attached hydrogen (secondary N) is 1. The monoisotopic (exact) mass is 388 g/mol. The largest absolute Gasteiger partial charge is 0.393 e. The van der Waals surface area contributed by atoms with Crippen molar-refractivity contribution in [3.05, 3.63) is 27.3 Å². The van der Waals surface area contributed by atoms with Gasteiger partial charge in [-0.1, -0.05) is 6.92 Å². The van der Waals surface area contributed by atoms with Gasteiger partial charge in [-0.05, 0) is 65.6 Å². The molecule has 0 aromatic heterocycles. The van der Waals surface area contributed by atoms with Gasteiger partial charge in [0, 0.05) is 22.3 Å². The second-order valence-electron chi connectivity index (χ2n) is 5.58. The first-order valence-corrected chi connectivity index (χ1v) is 8.00. The standard InChI is InChI=1S/C15H21IN2O2/c1-10-7-12(16)3-4-13(10)17-15(20)9-18-6-5-14(19)11(2)8-18/h3-4,7,11,14,19H,5-6,8-9H2,1-2H3,(H,17,20). The number of anilines is 1. The van der Waals surface area contributed by atoms with Crippen LogP contribution >= 0.6 is 22.6 Å². The molecule has 1 aliphatic rings. The number of piperidine rings is 1. The van der Waals surface area contributed by atoms with Gasteiger partial charge < -0.3 is 10.4 Å². The normalized spacial score (nSPS) is 23.6. The molecule has 0 radical (unpaired) electrons. The average molecular weight is 388 g/mol. The topological polar surface area (TPSA) is 52.6 Å². The number of carbonyl (C=O) groups excluding carboxylic acids is 1. The van der Waals surface area contributed by atoms with Crippen LogP contribution in [-0.4, -0.2) is 41.7 Å². The van der Waals surface area contributed by atoms with E-state index in [4.69, 9.17) is 0 Å². The van der Waals surface area contributed by atoms with Crippen LogP contribution in [-0.2, 0) is 4.79 Å². The molecule has 1 heterocycles. The van der Waals surface area contributed by atoms with E-state index in [0.717, 1.165) is 34.3 Å². The highest BCUT2D eigenvalue weighted by Crippen LogP contribution is 2.19. The second kappa shape index (κ2) is 6.87. The Hall–Kier alpha value is -0.660. The van der Waals surface area contributed by atoms with Gasteiger partial charge in [0.05, 0.1) is 12.6 Å². The van der Waals surface area contributed by atoms with Crippen LogP contribution < -0.4 is 5.32 Å². The van der Waals surface area contributed by atoms with Crippen molar-refractivity contribution in [2.75, 3.05) is 25.0 Å². The van der Waals surface area contributed by atoms with Crippen molar-refractivity contribution < 1.29 is 9.90 Å². The third-order valence-corrected chi connectivity index (χ3v) is 4.44. The van der Waals surface area contributed by atoms with Crippen molar-refractivity contribution in [2.45, 2.75) is 26.4 Å². The molecule has 2 atom stereocenters. The van der Waals surface area contributed by atoms with Gasteiger partial charge in [-0.25, -0.2) is 0 Å². The lowest BCUT2D eigenvalue weighted by Gasteiger charge is -2.33. The maximum absolute atomic E-state index is 12.1. The SMILES string of the molecule is Cc1cc(I)ccc1NC(=O)CN1CCC(O)C(C)C1. The molecule has 110 valence electrons. The minimum Gasteiger partial charge on any atom is -0.393 e. The van der Waals surface area contributed by atoms with Crippen molar-refractivity contribution >= 4 is 34.2 Å². The van der Waals surface area contributed by atoms with E-state index in [9.17, 15) is 9.90 Å². The van der Waals surface area contributed by atoms with Crippen molar-refractivity contribution in [1.82, 2.24) is 4.90 Å². The number of amides is 1. The smallest absolute Gasteiger partial charge is 0.238 e. The third kappa shape index (κ3) is 4.17. The summed E-state index contributed by atoms with van der Waals surface area (Å²) in [4.78, 5) is 14.2. The number of aryl methyl sites for hydroxylation is 1. The van der Waals surface area contributed by atoms with Crippen molar-refractivity contribution in [3.63, 3.8) is 0 Å². The van der Waals surface area contributed by atoms with E-state index in [0.29, 0.717) is 6.54 Å². The summed E-state index contributed by atoms with van der Waals surface area (Å²) in [6.07, 6.45) is 0.518. The summed E-state index contributed by atoms with van der Waals surface area (Å²) in [7, 11) is 0. The highest BCUT2D eigenvalue weighted by molar-refractivity contribution is 14.1. The Kier molecular flexibility index (Phi) is 5.40. The highest BCUT2D eigenvalue weighted by atomic mass is 127. The van der Waals surface area contributed by atoms with E-state index in [2.05, 4.69) is 38.9 Å². The Morgan fingerprint density at radius 1 is 1.55 bits per heavy atom. The molecule has 4 nitrogen and oxygen atoms in total. The molecule has 2 N–H and O–H groups in total. The number of hydrogen-bond acceptors (Lipinski definition) is 3. The fourth-order valence-corrected chi connectivity index (χ4v) is 3.17. The van der Waals surface area contributed by atoms with Crippen LogP contribution in [0, 0.1) is 16.4 Å². The summed E-state index contributed by atoms with van der Waals surface area (Å²) >= 11 is 2.26. The van der Waals surface area contributed by atoms with E-state index in [1.807, 2.05) is 26.0 Å². The summed E-state index contributed by atoms with van der Waals surface area (Å²) in [6, 6.07) is 5.98. The molecule has 0 bridgehead atoms. The van der Waals surface area contributed by atoms with Crippen LogP contribution in [0.1, 0.15) is 18.9 Å². The van der Waals surface area contributed by atoms with Crippen LogP contribution in [0.5, 0.6) is 0 Å². The molecule has 5 heteroatoms. The van der Waals surface area contributed by atoms with Gasteiger partial charge in [0.1, 0.15) is 0 Å². The fourth-order valence-electron chi connectivity index (χ4n) is 2.52. The van der Waals surface area contributed by atoms with Gasteiger partial charge in [-0.15, -0.1) is 0 Å². The maximum Gasteiger partial charge on any atom is 0.238 e. The molecule has 2 rings (SSSR count). The predicted octanol–water partition coefficient (Wildman–Crippen LogP) is 2.24. The molecule has 0 aliphatic carbocycles. The van der Waals surface area contributed by atoms with Gasteiger partial charge in [-0.3, -0.25) is 9.69 Å². The maximum atomic E-state index is 12.1. The quantitative estimate of drug-likeness (QED) is 0.782. The molecule has 0 saturated carbocycles. The number of halogens is 1. The number of benzene rings is 1. The molecular weight excluding hydrogens is 367 g/mol. The lowest BCUT2D eigenvalue weighted by atomic mass is 9.97. The molecule has 2 unspecified atom stereocenters. The summed E-state index contributed by atoms with van der Waals surface area (Å²) in [5, 5.41) is 12.7. The first kappa shape index (κ1) is 15.7. The molecule has 20 heavy (non-hydrogen) atoms. The summed E-state index contributed by atoms with van der Waals surface area (Å²) in [6.45, 7) is 5.97. The van der Waals surface area contributed by atoms with Gasteiger partial charge in [-0.2, -0.15) is 0 Å². The first-order chi connectivity index (χ1) is 9.45. The van der Waals surface area contributed by atoms with Crippen LogP contribution in [0.2, 0.25) is 0 Å². The Morgan fingerprint density at radius 2 is 2.30 bits per heavy atom. The summed E-state index contributed by atoms with van der Waals surface area (Å²) in [5.41, 5.74) is 1.95. The van der Waals surface area contributed by atoms with E-state index in [1.54, 1.807) is 0 Å². The summed E-state index contributed by atoms with van der Waals surface area (Å²) in [5.74, 6) is 0.245. The Balaban J connectivity index is 1.89. The van der Waals surface area contributed by atoms with E-state index < -0.39 is 0 Å². The number of hydrogen-bond donors (Lipinski definition) is 2. The highest BCUT2D eigenvalue weighted by Gasteiger charge is 2.25. The van der Waals surface area contributed by atoms with Gasteiger partial charge in [0.25, 0.3) is 0 Å². The van der Waals surface area contributed by atoms with E-state index in [-0.39, 0.29) is 17.9 Å². The Labute approximate surface area is 133 Å². The molecule has 0 spiro atoms. The first-order valence-electron chi connectivity index (χ1n) is 6.92. The lowest BCUT2D eigenvalue weighted by Crippen LogP contribution is -2.45. The minimum absolute atomic E-state index is 0.0119. The van der Waals surface area contributed by atoms with Crippen LogP contribution in [0.4, 0.5) is 5.69 Å². The Bertz CT molecular complexity index is 493. The zero-order valence-corrected chi connectivity index (χ0v) is 14.1. The van der Waals surface area contributed by atoms with Crippen molar-refractivity contribution in [3.8, 4) is 0 Å². The van der Waals surface area contributed by atoms with E-state index >= 15 is 0 Å². The van der Waals surface area contributed by atoms with Gasteiger partial charge >= 0.3 is 0 Å². The predicted molar refractivity (Wildman–Crippen MR) is 88.8 cm³/mol. The van der Waals surface area contributed by atoms with Gasteiger partial charge in [0.2, 0.25) is 5.91 Å².